The molecule has 1 N–H and O–H groups in total. The van der Waals surface area contributed by atoms with Crippen molar-refractivity contribution in [3.8, 4) is 5.75 Å². The summed E-state index contributed by atoms with van der Waals surface area (Å²) in [4.78, 5) is 19.0. The highest BCUT2D eigenvalue weighted by atomic mass is 32.1. The number of methoxy groups -OCH3 is 1. The van der Waals surface area contributed by atoms with Crippen molar-refractivity contribution in [3.63, 3.8) is 0 Å². The molecule has 0 radical (unpaired) electrons. The van der Waals surface area contributed by atoms with Crippen molar-refractivity contribution < 1.29 is 13.9 Å². The minimum absolute atomic E-state index is 0.111. The zero-order valence-electron chi connectivity index (χ0n) is 15.0. The Labute approximate surface area is 157 Å². The van der Waals surface area contributed by atoms with E-state index in [1.54, 1.807) is 12.1 Å². The monoisotopic (exact) mass is 377 g/mol. The summed E-state index contributed by atoms with van der Waals surface area (Å²) in [6, 6.07) is 4.76. The van der Waals surface area contributed by atoms with Crippen LogP contribution >= 0.6 is 11.3 Å². The topological polar surface area (TPSA) is 54.5 Å². The number of nitrogens with zero attached hydrogens (tertiary/aromatic N) is 2. The second-order valence-corrected chi connectivity index (χ2v) is 7.36. The largest absolute Gasteiger partial charge is 0.494 e. The average Bonchev–Trinajstić information content (AvgIpc) is 3.07. The van der Waals surface area contributed by atoms with Gasteiger partial charge in [0.15, 0.2) is 16.7 Å². The van der Waals surface area contributed by atoms with Crippen molar-refractivity contribution in [2.75, 3.05) is 25.5 Å². The Balaban J connectivity index is 1.46. The highest BCUT2D eigenvalue weighted by Gasteiger charge is 2.13. The summed E-state index contributed by atoms with van der Waals surface area (Å²) in [5.41, 5.74) is 1.77. The molecule has 0 spiro atoms. The van der Waals surface area contributed by atoms with E-state index in [0.717, 1.165) is 30.9 Å². The number of ether oxygens (including phenoxy) is 1. The van der Waals surface area contributed by atoms with Gasteiger partial charge in [-0.2, -0.15) is 0 Å². The van der Waals surface area contributed by atoms with Gasteiger partial charge >= 0.3 is 0 Å². The predicted octanol–water partition coefficient (Wildman–Crippen LogP) is 3.85. The molecule has 1 fully saturated rings. The summed E-state index contributed by atoms with van der Waals surface area (Å²) in [6.45, 7) is 3.09. The number of hydrogen-bond donors (Lipinski definition) is 1. The number of nitrogens with one attached hydrogen (secondary N) is 1. The highest BCUT2D eigenvalue weighted by molar-refractivity contribution is 7.13. The van der Waals surface area contributed by atoms with E-state index in [1.165, 1.54) is 43.8 Å². The minimum Gasteiger partial charge on any atom is -0.494 e. The number of carbonyl (C=O) groups is 1. The summed E-state index contributed by atoms with van der Waals surface area (Å²) >= 11 is 1.45. The lowest BCUT2D eigenvalue weighted by atomic mass is 10.1. The number of hydrogen-bond acceptors (Lipinski definition) is 5. The van der Waals surface area contributed by atoms with Crippen LogP contribution in [0.4, 0.5) is 9.52 Å². The fourth-order valence-electron chi connectivity index (χ4n) is 3.09. The summed E-state index contributed by atoms with van der Waals surface area (Å²) in [5, 5.41) is 5.47. The number of amides is 1. The number of anilines is 1. The lowest BCUT2D eigenvalue weighted by Gasteiger charge is -2.25. The Morgan fingerprint density at radius 2 is 2.15 bits per heavy atom. The van der Waals surface area contributed by atoms with Crippen molar-refractivity contribution in [1.82, 2.24) is 9.88 Å². The molecule has 0 saturated carbocycles. The quantitative estimate of drug-likeness (QED) is 0.796. The van der Waals surface area contributed by atoms with E-state index in [4.69, 9.17) is 4.74 Å². The molecule has 1 aliphatic heterocycles. The number of benzene rings is 1. The second kappa shape index (κ2) is 9.09. The minimum atomic E-state index is -0.410. The molecule has 1 saturated heterocycles. The molecule has 1 aromatic heterocycles. The van der Waals surface area contributed by atoms with Crippen molar-refractivity contribution >= 4 is 22.4 Å². The second-order valence-electron chi connectivity index (χ2n) is 6.50. The van der Waals surface area contributed by atoms with E-state index in [9.17, 15) is 9.18 Å². The van der Waals surface area contributed by atoms with Crippen molar-refractivity contribution in [2.24, 2.45) is 0 Å². The highest BCUT2D eigenvalue weighted by Crippen LogP contribution is 2.20. The van der Waals surface area contributed by atoms with Crippen molar-refractivity contribution in [2.45, 2.75) is 38.6 Å². The lowest BCUT2D eigenvalue weighted by molar-refractivity contribution is -0.116. The third-order valence-electron chi connectivity index (χ3n) is 4.49. The van der Waals surface area contributed by atoms with Crippen LogP contribution < -0.4 is 10.1 Å². The SMILES string of the molecule is COc1ccc(CCC(=O)Nc2nc(CN3CCCCC3)cs2)cc1F. The molecule has 0 unspecified atom stereocenters. The third kappa shape index (κ3) is 5.25. The number of piperidine rings is 1. The van der Waals surface area contributed by atoms with Crippen LogP contribution in [-0.4, -0.2) is 36.0 Å². The molecule has 0 aliphatic carbocycles. The Kier molecular flexibility index (Phi) is 6.57. The van der Waals surface area contributed by atoms with Gasteiger partial charge in [-0.15, -0.1) is 11.3 Å². The van der Waals surface area contributed by atoms with Gasteiger partial charge in [-0.25, -0.2) is 9.37 Å². The standard InChI is InChI=1S/C19H24FN3O2S/c1-25-17-7-5-14(11-16(17)20)6-8-18(24)22-19-21-15(13-26-19)12-23-9-3-2-4-10-23/h5,7,11,13H,2-4,6,8-10,12H2,1H3,(H,21,22,24). The summed E-state index contributed by atoms with van der Waals surface area (Å²) in [7, 11) is 1.43. The van der Waals surface area contributed by atoms with Gasteiger partial charge in [0, 0.05) is 18.3 Å². The molecule has 0 atom stereocenters. The van der Waals surface area contributed by atoms with E-state index >= 15 is 0 Å². The molecule has 26 heavy (non-hydrogen) atoms. The maximum atomic E-state index is 13.7. The number of carbonyl (C=O) groups excluding carboxylic acids is 1. The van der Waals surface area contributed by atoms with Gasteiger partial charge in [-0.1, -0.05) is 12.5 Å². The van der Waals surface area contributed by atoms with E-state index in [1.807, 2.05) is 5.38 Å². The van der Waals surface area contributed by atoms with E-state index < -0.39 is 5.82 Å². The van der Waals surface area contributed by atoms with Crippen LogP contribution in [0, 0.1) is 5.82 Å². The maximum Gasteiger partial charge on any atom is 0.226 e. The number of rotatable bonds is 7. The van der Waals surface area contributed by atoms with E-state index in [2.05, 4.69) is 15.2 Å². The summed E-state index contributed by atoms with van der Waals surface area (Å²) in [5.74, 6) is -0.310. The first-order valence-corrected chi connectivity index (χ1v) is 9.81. The molecule has 2 aromatic rings. The van der Waals surface area contributed by atoms with E-state index in [-0.39, 0.29) is 18.1 Å². The number of aromatic nitrogens is 1. The normalized spacial score (nSPS) is 15.0. The molecule has 5 nitrogen and oxygen atoms in total. The Morgan fingerprint density at radius 1 is 1.35 bits per heavy atom. The number of aryl methyl sites for hydroxylation is 1. The van der Waals surface area contributed by atoms with Gasteiger partial charge in [0.1, 0.15) is 0 Å². The van der Waals surface area contributed by atoms with Crippen molar-refractivity contribution in [3.05, 3.63) is 40.7 Å². The fourth-order valence-corrected chi connectivity index (χ4v) is 3.81. The zero-order chi connectivity index (χ0) is 18.4. The summed E-state index contributed by atoms with van der Waals surface area (Å²) < 4.78 is 18.6. The van der Waals surface area contributed by atoms with Crippen LogP contribution in [0.5, 0.6) is 5.75 Å². The molecule has 0 bridgehead atoms. The van der Waals surface area contributed by atoms with Crippen LogP contribution in [0.15, 0.2) is 23.6 Å². The van der Waals surface area contributed by atoms with Crippen LogP contribution in [0.1, 0.15) is 36.9 Å². The lowest BCUT2D eigenvalue weighted by Crippen LogP contribution is -2.29. The van der Waals surface area contributed by atoms with Crippen LogP contribution in [0.25, 0.3) is 0 Å². The number of likely N-dealkylation sites (tertiary alicyclic amines) is 1. The Bertz CT molecular complexity index is 744. The molecular formula is C19H24FN3O2S. The average molecular weight is 377 g/mol. The number of halogens is 1. The molecule has 1 amide bonds. The van der Waals surface area contributed by atoms with Gasteiger partial charge in [-0.3, -0.25) is 9.69 Å². The van der Waals surface area contributed by atoms with Gasteiger partial charge in [0.2, 0.25) is 5.91 Å². The molecule has 1 aromatic carbocycles. The molecule has 2 heterocycles. The predicted molar refractivity (Wildman–Crippen MR) is 101 cm³/mol. The van der Waals surface area contributed by atoms with Gasteiger partial charge < -0.3 is 10.1 Å². The van der Waals surface area contributed by atoms with Gasteiger partial charge in [0.25, 0.3) is 0 Å². The third-order valence-corrected chi connectivity index (χ3v) is 5.30. The van der Waals surface area contributed by atoms with E-state index in [0.29, 0.717) is 11.6 Å². The summed E-state index contributed by atoms with van der Waals surface area (Å²) in [6.07, 6.45) is 4.57. The Hall–Kier alpha value is -1.99. The first kappa shape index (κ1) is 18.8. The van der Waals surface area contributed by atoms with Gasteiger partial charge in [0.05, 0.1) is 12.8 Å². The zero-order valence-corrected chi connectivity index (χ0v) is 15.8. The number of thiazole rings is 1. The Morgan fingerprint density at radius 3 is 2.88 bits per heavy atom. The van der Waals surface area contributed by atoms with Crippen LogP contribution in [0.2, 0.25) is 0 Å². The first-order chi connectivity index (χ1) is 12.6. The van der Waals surface area contributed by atoms with Crippen LogP contribution in [-0.2, 0) is 17.8 Å². The van der Waals surface area contributed by atoms with Crippen LogP contribution in [0.3, 0.4) is 0 Å². The van der Waals surface area contributed by atoms with Crippen molar-refractivity contribution in [1.29, 1.82) is 0 Å². The maximum absolute atomic E-state index is 13.7. The van der Waals surface area contributed by atoms with Gasteiger partial charge in [-0.05, 0) is 50.0 Å². The first-order valence-electron chi connectivity index (χ1n) is 8.93. The molecule has 7 heteroatoms. The molecule has 140 valence electrons. The smallest absolute Gasteiger partial charge is 0.226 e. The fraction of sp³-hybridized carbons (Fsp3) is 0.474. The molecule has 1 aliphatic rings. The molecule has 3 rings (SSSR count). The molecular weight excluding hydrogens is 353 g/mol.